The molecule has 2 aromatic carbocycles. The normalized spacial score (nSPS) is 10.9. The zero-order valence-corrected chi connectivity index (χ0v) is 16.4. The fraction of sp³-hybridized carbons (Fsp3) is 0.174. The van der Waals surface area contributed by atoms with Gasteiger partial charge in [0, 0.05) is 29.5 Å². The molecule has 28 heavy (non-hydrogen) atoms. The number of thiophene rings is 1. The SMILES string of the molecule is Cc1ccc(-c2csc3nc(-c4ccccc4)n(CCCC#N)c(=O)c23)cc1. The summed E-state index contributed by atoms with van der Waals surface area (Å²) < 4.78 is 1.72. The fourth-order valence-corrected chi connectivity index (χ4v) is 4.24. The lowest BCUT2D eigenvalue weighted by atomic mass is 10.0. The molecule has 0 saturated heterocycles. The van der Waals surface area contributed by atoms with Crippen LogP contribution >= 0.6 is 11.3 Å². The van der Waals surface area contributed by atoms with E-state index in [1.54, 1.807) is 4.57 Å². The molecule has 0 bridgehead atoms. The average molecular weight is 385 g/mol. The van der Waals surface area contributed by atoms with E-state index in [0.717, 1.165) is 21.5 Å². The van der Waals surface area contributed by atoms with E-state index in [9.17, 15) is 4.79 Å². The molecule has 4 rings (SSSR count). The molecule has 0 aliphatic carbocycles. The van der Waals surface area contributed by atoms with Crippen LogP contribution in [0.3, 0.4) is 0 Å². The van der Waals surface area contributed by atoms with E-state index in [4.69, 9.17) is 10.2 Å². The molecule has 138 valence electrons. The molecule has 0 unspecified atom stereocenters. The Hall–Kier alpha value is -3.23. The minimum Gasteiger partial charge on any atom is -0.292 e. The highest BCUT2D eigenvalue weighted by Crippen LogP contribution is 2.32. The first-order chi connectivity index (χ1) is 13.7. The summed E-state index contributed by atoms with van der Waals surface area (Å²) in [5, 5.41) is 11.6. The second-order valence-electron chi connectivity index (χ2n) is 6.72. The smallest absolute Gasteiger partial charge is 0.263 e. The molecule has 0 aliphatic rings. The maximum Gasteiger partial charge on any atom is 0.263 e. The lowest BCUT2D eigenvalue weighted by molar-refractivity contribution is 0.634. The number of rotatable bonds is 5. The number of fused-ring (bicyclic) bond motifs is 1. The van der Waals surface area contributed by atoms with Gasteiger partial charge in [0.15, 0.2) is 0 Å². The summed E-state index contributed by atoms with van der Waals surface area (Å²) in [6.07, 6.45) is 1.03. The van der Waals surface area contributed by atoms with Crippen molar-refractivity contribution in [3.05, 3.63) is 75.9 Å². The third-order valence-electron chi connectivity index (χ3n) is 4.76. The Labute approximate surface area is 167 Å². The third-order valence-corrected chi connectivity index (χ3v) is 5.63. The molecule has 0 aliphatic heterocycles. The predicted octanol–water partition coefficient (Wildman–Crippen LogP) is 5.40. The van der Waals surface area contributed by atoms with Crippen LogP contribution in [-0.4, -0.2) is 9.55 Å². The summed E-state index contributed by atoms with van der Waals surface area (Å²) in [6.45, 7) is 2.52. The average Bonchev–Trinajstić information content (AvgIpc) is 3.15. The van der Waals surface area contributed by atoms with Gasteiger partial charge in [-0.1, -0.05) is 60.2 Å². The number of nitrogens with zero attached hydrogens (tertiary/aromatic N) is 3. The number of benzene rings is 2. The molecule has 0 N–H and O–H groups in total. The Kier molecular flexibility index (Phi) is 5.05. The molecular formula is C23H19N3OS. The van der Waals surface area contributed by atoms with Crippen LogP contribution in [0.5, 0.6) is 0 Å². The van der Waals surface area contributed by atoms with Crippen molar-refractivity contribution in [2.24, 2.45) is 0 Å². The molecule has 4 nitrogen and oxygen atoms in total. The number of hydrogen-bond donors (Lipinski definition) is 0. The van der Waals surface area contributed by atoms with E-state index in [1.807, 2.05) is 54.8 Å². The lowest BCUT2D eigenvalue weighted by Crippen LogP contribution is -2.23. The monoisotopic (exact) mass is 385 g/mol. The first kappa shape index (κ1) is 18.1. The number of hydrogen-bond acceptors (Lipinski definition) is 4. The van der Waals surface area contributed by atoms with Gasteiger partial charge in [-0.05, 0) is 18.9 Å². The second-order valence-corrected chi connectivity index (χ2v) is 7.57. The van der Waals surface area contributed by atoms with Crippen LogP contribution in [0, 0.1) is 18.3 Å². The molecule has 2 aromatic heterocycles. The van der Waals surface area contributed by atoms with E-state index in [-0.39, 0.29) is 5.56 Å². The van der Waals surface area contributed by atoms with Crippen molar-refractivity contribution in [3.8, 4) is 28.6 Å². The zero-order valence-electron chi connectivity index (χ0n) is 15.6. The lowest BCUT2D eigenvalue weighted by Gasteiger charge is -2.12. The van der Waals surface area contributed by atoms with Crippen molar-refractivity contribution in [2.75, 3.05) is 0 Å². The van der Waals surface area contributed by atoms with E-state index in [0.29, 0.717) is 30.6 Å². The molecule has 0 radical (unpaired) electrons. The molecule has 0 saturated carbocycles. The highest BCUT2D eigenvalue weighted by Gasteiger charge is 2.17. The highest BCUT2D eigenvalue weighted by atomic mass is 32.1. The van der Waals surface area contributed by atoms with E-state index in [2.05, 4.69) is 18.2 Å². The van der Waals surface area contributed by atoms with Gasteiger partial charge in [-0.15, -0.1) is 11.3 Å². The van der Waals surface area contributed by atoms with Crippen LogP contribution in [0.1, 0.15) is 18.4 Å². The Morgan fingerprint density at radius 1 is 1.07 bits per heavy atom. The van der Waals surface area contributed by atoms with Crippen LogP contribution in [0.2, 0.25) is 0 Å². The van der Waals surface area contributed by atoms with E-state index in [1.165, 1.54) is 16.9 Å². The first-order valence-electron chi connectivity index (χ1n) is 9.20. The Morgan fingerprint density at radius 3 is 2.54 bits per heavy atom. The summed E-state index contributed by atoms with van der Waals surface area (Å²) >= 11 is 1.50. The Bertz CT molecular complexity index is 1220. The van der Waals surface area contributed by atoms with E-state index >= 15 is 0 Å². The minimum atomic E-state index is -0.0429. The van der Waals surface area contributed by atoms with Gasteiger partial charge in [0.25, 0.3) is 5.56 Å². The van der Waals surface area contributed by atoms with Gasteiger partial charge in [0.1, 0.15) is 10.7 Å². The molecule has 4 aromatic rings. The van der Waals surface area contributed by atoms with Crippen molar-refractivity contribution < 1.29 is 0 Å². The standard InChI is InChI=1S/C23H19N3OS/c1-16-9-11-17(12-10-16)19-15-28-22-20(19)23(27)26(14-6-5-13-24)21(25-22)18-7-3-2-4-8-18/h2-4,7-12,15H,5-6,14H2,1H3. The van der Waals surface area contributed by atoms with Gasteiger partial charge in [-0.3, -0.25) is 9.36 Å². The van der Waals surface area contributed by atoms with Gasteiger partial charge in [0.2, 0.25) is 0 Å². The molecule has 0 spiro atoms. The van der Waals surface area contributed by atoms with Gasteiger partial charge >= 0.3 is 0 Å². The topological polar surface area (TPSA) is 58.7 Å². The second kappa shape index (κ2) is 7.79. The fourth-order valence-electron chi connectivity index (χ4n) is 3.30. The van der Waals surface area contributed by atoms with Crippen molar-refractivity contribution in [1.82, 2.24) is 9.55 Å². The third kappa shape index (κ3) is 3.35. The molecule has 2 heterocycles. The number of aryl methyl sites for hydroxylation is 1. The maximum absolute atomic E-state index is 13.5. The van der Waals surface area contributed by atoms with Crippen LogP contribution in [0.15, 0.2) is 64.8 Å². The van der Waals surface area contributed by atoms with Crippen molar-refractivity contribution in [3.63, 3.8) is 0 Å². The number of unbranched alkanes of at least 4 members (excludes halogenated alkanes) is 1. The van der Waals surface area contributed by atoms with Crippen LogP contribution in [0.4, 0.5) is 0 Å². The number of nitriles is 1. The van der Waals surface area contributed by atoms with Gasteiger partial charge in [0.05, 0.1) is 11.5 Å². The van der Waals surface area contributed by atoms with E-state index < -0.39 is 0 Å². The largest absolute Gasteiger partial charge is 0.292 e. The first-order valence-corrected chi connectivity index (χ1v) is 10.1. The summed E-state index contributed by atoms with van der Waals surface area (Å²) in [4.78, 5) is 19.1. The van der Waals surface area contributed by atoms with Crippen LogP contribution in [0.25, 0.3) is 32.7 Å². The van der Waals surface area contributed by atoms with Gasteiger partial charge in [-0.25, -0.2) is 4.98 Å². The van der Waals surface area contributed by atoms with Crippen molar-refractivity contribution in [1.29, 1.82) is 5.26 Å². The minimum absolute atomic E-state index is 0.0429. The summed E-state index contributed by atoms with van der Waals surface area (Å²) in [6, 6.07) is 20.1. The van der Waals surface area contributed by atoms with Crippen molar-refractivity contribution in [2.45, 2.75) is 26.3 Å². The summed E-state index contributed by atoms with van der Waals surface area (Å²) in [7, 11) is 0. The summed E-state index contributed by atoms with van der Waals surface area (Å²) in [5.41, 5.74) is 3.99. The highest BCUT2D eigenvalue weighted by molar-refractivity contribution is 7.17. The van der Waals surface area contributed by atoms with Gasteiger partial charge < -0.3 is 0 Å². The molecule has 5 heteroatoms. The maximum atomic E-state index is 13.5. The molecule has 0 atom stereocenters. The number of aromatic nitrogens is 2. The van der Waals surface area contributed by atoms with Crippen LogP contribution in [-0.2, 0) is 6.54 Å². The van der Waals surface area contributed by atoms with Gasteiger partial charge in [-0.2, -0.15) is 5.26 Å². The Balaban J connectivity index is 1.94. The molecule has 0 fully saturated rings. The molecule has 0 amide bonds. The summed E-state index contributed by atoms with van der Waals surface area (Å²) in [5.74, 6) is 0.661. The Morgan fingerprint density at radius 2 is 1.82 bits per heavy atom. The van der Waals surface area contributed by atoms with Crippen molar-refractivity contribution >= 4 is 21.6 Å². The molecular weight excluding hydrogens is 366 g/mol. The van der Waals surface area contributed by atoms with Crippen LogP contribution < -0.4 is 5.56 Å². The zero-order chi connectivity index (χ0) is 19.5. The predicted molar refractivity (Wildman–Crippen MR) is 114 cm³/mol. The quantitative estimate of drug-likeness (QED) is 0.432.